The normalized spacial score (nSPS) is 35.9. The van der Waals surface area contributed by atoms with Crippen LogP contribution < -0.4 is 0 Å². The van der Waals surface area contributed by atoms with Crippen LogP contribution in [0.25, 0.3) is 0 Å². The Morgan fingerprint density at radius 1 is 1.36 bits per heavy atom. The van der Waals surface area contributed by atoms with Crippen LogP contribution in [0.2, 0.25) is 0 Å². The molecule has 0 aliphatic carbocycles. The third kappa shape index (κ3) is 1.25. The summed E-state index contributed by atoms with van der Waals surface area (Å²) in [5, 5.41) is 0. The van der Waals surface area contributed by atoms with E-state index in [0.717, 1.165) is 25.9 Å². The molecule has 2 heterocycles. The van der Waals surface area contributed by atoms with Gasteiger partial charge in [0, 0.05) is 20.0 Å². The van der Waals surface area contributed by atoms with Gasteiger partial charge in [0.2, 0.25) is 5.91 Å². The molecule has 0 radical (unpaired) electrons. The zero-order valence-corrected chi connectivity index (χ0v) is 6.75. The van der Waals surface area contributed by atoms with Crippen LogP contribution in [0.5, 0.6) is 0 Å². The monoisotopic (exact) mass is 155 g/mol. The molecule has 0 aromatic carbocycles. The molecule has 1 amide bonds. The van der Waals surface area contributed by atoms with Crippen molar-refractivity contribution in [2.24, 2.45) is 0 Å². The lowest BCUT2D eigenvalue weighted by Gasteiger charge is -2.31. The summed E-state index contributed by atoms with van der Waals surface area (Å²) in [4.78, 5) is 12.9. The summed E-state index contributed by atoms with van der Waals surface area (Å²) in [6.45, 7) is 3.25. The van der Waals surface area contributed by atoms with Crippen LogP contribution in [-0.2, 0) is 9.53 Å². The Morgan fingerprint density at radius 2 is 1.91 bits per heavy atom. The number of carbonyl (C=O) groups is 1. The Bertz CT molecular complexity index is 169. The summed E-state index contributed by atoms with van der Waals surface area (Å²) in [6.07, 6.45) is 2.93. The molecule has 62 valence electrons. The molecule has 0 aromatic rings. The van der Waals surface area contributed by atoms with Crippen molar-refractivity contribution in [3.05, 3.63) is 0 Å². The first kappa shape index (κ1) is 7.10. The minimum atomic E-state index is 0.185. The first-order valence-corrected chi connectivity index (χ1v) is 4.16. The molecule has 2 saturated heterocycles. The lowest BCUT2D eigenvalue weighted by molar-refractivity contribution is -0.137. The second-order valence-electron chi connectivity index (χ2n) is 3.38. The van der Waals surface area contributed by atoms with Crippen molar-refractivity contribution in [1.82, 2.24) is 4.90 Å². The van der Waals surface area contributed by atoms with Crippen LogP contribution in [0.15, 0.2) is 0 Å². The molecule has 3 nitrogen and oxygen atoms in total. The third-order valence-electron chi connectivity index (χ3n) is 2.49. The first-order chi connectivity index (χ1) is 5.25. The second kappa shape index (κ2) is 2.48. The number of rotatable bonds is 0. The standard InChI is InChI=1S/C8H13NO2/c1-6(10)9-4-7-2-3-8(5-9)11-7/h7-8H,2-5H2,1H3/t7-,8+. The van der Waals surface area contributed by atoms with E-state index in [1.807, 2.05) is 4.90 Å². The van der Waals surface area contributed by atoms with Gasteiger partial charge in [0.1, 0.15) is 0 Å². The number of nitrogens with zero attached hydrogens (tertiary/aromatic N) is 1. The van der Waals surface area contributed by atoms with E-state index in [0.29, 0.717) is 12.2 Å². The maximum absolute atomic E-state index is 11.0. The molecule has 0 spiro atoms. The third-order valence-corrected chi connectivity index (χ3v) is 2.49. The highest BCUT2D eigenvalue weighted by Gasteiger charge is 2.34. The number of fused-ring (bicyclic) bond motifs is 2. The minimum Gasteiger partial charge on any atom is -0.371 e. The maximum Gasteiger partial charge on any atom is 0.219 e. The van der Waals surface area contributed by atoms with Crippen LogP contribution in [-0.4, -0.2) is 36.1 Å². The summed E-state index contributed by atoms with van der Waals surface area (Å²) in [7, 11) is 0. The largest absolute Gasteiger partial charge is 0.371 e. The summed E-state index contributed by atoms with van der Waals surface area (Å²) in [6, 6.07) is 0. The van der Waals surface area contributed by atoms with E-state index in [1.165, 1.54) is 0 Å². The zero-order chi connectivity index (χ0) is 7.84. The Hall–Kier alpha value is -0.570. The molecule has 3 heteroatoms. The lowest BCUT2D eigenvalue weighted by atomic mass is 10.2. The van der Waals surface area contributed by atoms with E-state index in [4.69, 9.17) is 4.74 Å². The number of hydrogen-bond donors (Lipinski definition) is 0. The average molecular weight is 155 g/mol. The van der Waals surface area contributed by atoms with E-state index in [2.05, 4.69) is 0 Å². The Balaban J connectivity index is 2.02. The van der Waals surface area contributed by atoms with Crippen LogP contribution in [0.1, 0.15) is 19.8 Å². The predicted molar refractivity (Wildman–Crippen MR) is 40.1 cm³/mol. The Kier molecular flexibility index (Phi) is 1.60. The Morgan fingerprint density at radius 3 is 2.36 bits per heavy atom. The molecule has 0 aromatic heterocycles. The van der Waals surface area contributed by atoms with Crippen molar-refractivity contribution in [3.8, 4) is 0 Å². The highest BCUT2D eigenvalue weighted by molar-refractivity contribution is 5.73. The molecule has 0 saturated carbocycles. The number of amides is 1. The number of hydrogen-bond acceptors (Lipinski definition) is 2. The molecule has 2 rings (SSSR count). The number of ether oxygens (including phenoxy) is 1. The first-order valence-electron chi connectivity index (χ1n) is 4.16. The fraction of sp³-hybridized carbons (Fsp3) is 0.875. The van der Waals surface area contributed by atoms with Gasteiger partial charge in [0.15, 0.2) is 0 Å². The fourth-order valence-corrected chi connectivity index (χ4v) is 1.87. The van der Waals surface area contributed by atoms with Gasteiger partial charge in [-0.2, -0.15) is 0 Å². The van der Waals surface area contributed by atoms with Gasteiger partial charge in [-0.1, -0.05) is 0 Å². The summed E-state index contributed by atoms with van der Waals surface area (Å²) < 4.78 is 5.58. The van der Waals surface area contributed by atoms with Crippen molar-refractivity contribution >= 4 is 5.91 Å². The molecule has 2 bridgehead atoms. The van der Waals surface area contributed by atoms with Gasteiger partial charge in [-0.15, -0.1) is 0 Å². The lowest BCUT2D eigenvalue weighted by Crippen LogP contribution is -2.44. The fourth-order valence-electron chi connectivity index (χ4n) is 1.87. The predicted octanol–water partition coefficient (Wildman–Crippen LogP) is 0.396. The maximum atomic E-state index is 11.0. The van der Waals surface area contributed by atoms with E-state index in [9.17, 15) is 4.79 Å². The van der Waals surface area contributed by atoms with Gasteiger partial charge in [-0.3, -0.25) is 4.79 Å². The number of morpholine rings is 1. The highest BCUT2D eigenvalue weighted by Crippen LogP contribution is 2.25. The van der Waals surface area contributed by atoms with Gasteiger partial charge in [0.05, 0.1) is 12.2 Å². The van der Waals surface area contributed by atoms with E-state index in [-0.39, 0.29) is 5.91 Å². The van der Waals surface area contributed by atoms with Gasteiger partial charge in [-0.05, 0) is 12.8 Å². The summed E-state index contributed by atoms with van der Waals surface area (Å²) in [5.74, 6) is 0.185. The summed E-state index contributed by atoms with van der Waals surface area (Å²) >= 11 is 0. The molecule has 2 aliphatic rings. The molecular weight excluding hydrogens is 142 g/mol. The van der Waals surface area contributed by atoms with Crippen molar-refractivity contribution in [1.29, 1.82) is 0 Å². The van der Waals surface area contributed by atoms with Crippen LogP contribution in [0.3, 0.4) is 0 Å². The molecule has 2 fully saturated rings. The van der Waals surface area contributed by atoms with Gasteiger partial charge >= 0.3 is 0 Å². The number of likely N-dealkylation sites (tertiary alicyclic amines) is 1. The van der Waals surface area contributed by atoms with E-state index < -0.39 is 0 Å². The van der Waals surface area contributed by atoms with Gasteiger partial charge in [-0.25, -0.2) is 0 Å². The highest BCUT2D eigenvalue weighted by atomic mass is 16.5. The molecule has 11 heavy (non-hydrogen) atoms. The van der Waals surface area contributed by atoms with E-state index >= 15 is 0 Å². The average Bonchev–Trinajstić information content (AvgIpc) is 2.30. The van der Waals surface area contributed by atoms with Crippen molar-refractivity contribution in [3.63, 3.8) is 0 Å². The minimum absolute atomic E-state index is 0.185. The topological polar surface area (TPSA) is 29.5 Å². The van der Waals surface area contributed by atoms with E-state index in [1.54, 1.807) is 6.92 Å². The van der Waals surface area contributed by atoms with Gasteiger partial charge in [0.25, 0.3) is 0 Å². The molecular formula is C8H13NO2. The smallest absolute Gasteiger partial charge is 0.219 e. The second-order valence-corrected chi connectivity index (χ2v) is 3.38. The van der Waals surface area contributed by atoms with Gasteiger partial charge < -0.3 is 9.64 Å². The van der Waals surface area contributed by atoms with Crippen molar-refractivity contribution in [2.45, 2.75) is 32.0 Å². The van der Waals surface area contributed by atoms with Crippen LogP contribution in [0, 0.1) is 0 Å². The number of carbonyl (C=O) groups excluding carboxylic acids is 1. The molecule has 0 unspecified atom stereocenters. The van der Waals surface area contributed by atoms with Crippen molar-refractivity contribution < 1.29 is 9.53 Å². The van der Waals surface area contributed by atoms with Crippen LogP contribution >= 0.6 is 0 Å². The van der Waals surface area contributed by atoms with Crippen molar-refractivity contribution in [2.75, 3.05) is 13.1 Å². The Labute approximate surface area is 66.3 Å². The van der Waals surface area contributed by atoms with Crippen LogP contribution in [0.4, 0.5) is 0 Å². The molecule has 2 aliphatic heterocycles. The molecule has 0 N–H and O–H groups in total. The quantitative estimate of drug-likeness (QED) is 0.506. The summed E-state index contributed by atoms with van der Waals surface area (Å²) in [5.41, 5.74) is 0. The zero-order valence-electron chi connectivity index (χ0n) is 6.75. The SMILES string of the molecule is CC(=O)N1C[C@H]2CC[C@@H](C1)O2. The molecule has 2 atom stereocenters.